The van der Waals surface area contributed by atoms with Crippen molar-refractivity contribution in [1.29, 1.82) is 0 Å². The van der Waals surface area contributed by atoms with Crippen molar-refractivity contribution >= 4 is 5.97 Å². The highest BCUT2D eigenvalue weighted by Crippen LogP contribution is 2.20. The van der Waals surface area contributed by atoms with Crippen LogP contribution in [-0.2, 0) is 9.53 Å². The molecule has 1 fully saturated rings. The number of piperidine rings is 1. The van der Waals surface area contributed by atoms with Crippen LogP contribution in [-0.4, -0.2) is 36.1 Å². The number of carbonyl (C=O) groups is 1. The Kier molecular flexibility index (Phi) is 5.83. The number of esters is 1. The number of nitrogens with zero attached hydrogens (tertiary/aromatic N) is 1. The van der Waals surface area contributed by atoms with E-state index < -0.39 is 0 Å². The minimum absolute atomic E-state index is 0.137. The smallest absolute Gasteiger partial charge is 0.323 e. The van der Waals surface area contributed by atoms with E-state index in [-0.39, 0.29) is 18.1 Å². The van der Waals surface area contributed by atoms with Gasteiger partial charge in [-0.3, -0.25) is 9.69 Å². The normalized spacial score (nSPS) is 20.2. The Morgan fingerprint density at radius 2 is 2.14 bits per heavy atom. The molecule has 0 N–H and O–H groups in total. The average molecular weight is 285 g/mol. The molecule has 1 saturated heterocycles. The van der Waals surface area contributed by atoms with Gasteiger partial charge in [-0.1, -0.05) is 30.0 Å². The van der Waals surface area contributed by atoms with E-state index in [1.807, 2.05) is 44.2 Å². The Bertz CT molecular complexity index is 515. The van der Waals surface area contributed by atoms with Crippen molar-refractivity contribution in [2.45, 2.75) is 45.2 Å². The number of rotatable bonds is 3. The molecular formula is C18H23NO2. The molecule has 2 atom stereocenters. The van der Waals surface area contributed by atoms with Crippen LogP contribution < -0.4 is 0 Å². The van der Waals surface area contributed by atoms with Crippen LogP contribution >= 0.6 is 0 Å². The highest BCUT2D eigenvalue weighted by Gasteiger charge is 2.30. The fourth-order valence-corrected chi connectivity index (χ4v) is 2.66. The van der Waals surface area contributed by atoms with Crippen molar-refractivity contribution in [1.82, 2.24) is 4.90 Å². The Morgan fingerprint density at radius 1 is 1.38 bits per heavy atom. The van der Waals surface area contributed by atoms with E-state index in [2.05, 4.69) is 16.7 Å². The first-order chi connectivity index (χ1) is 10.2. The molecule has 0 spiro atoms. The first kappa shape index (κ1) is 15.6. The Morgan fingerprint density at radius 3 is 2.86 bits per heavy atom. The summed E-state index contributed by atoms with van der Waals surface area (Å²) >= 11 is 0. The maximum atomic E-state index is 12.0. The number of benzene rings is 1. The molecule has 1 heterocycles. The lowest BCUT2D eigenvalue weighted by Gasteiger charge is -2.35. The second-order valence-corrected chi connectivity index (χ2v) is 5.31. The molecule has 1 aliphatic heterocycles. The summed E-state index contributed by atoms with van der Waals surface area (Å²) < 4.78 is 5.14. The monoisotopic (exact) mass is 285 g/mol. The molecule has 3 nitrogen and oxygen atoms in total. The van der Waals surface area contributed by atoms with Crippen LogP contribution in [0.5, 0.6) is 0 Å². The second kappa shape index (κ2) is 7.85. The third-order valence-corrected chi connectivity index (χ3v) is 3.83. The van der Waals surface area contributed by atoms with Crippen LogP contribution in [0.25, 0.3) is 0 Å². The molecule has 0 amide bonds. The Balaban J connectivity index is 2.09. The van der Waals surface area contributed by atoms with Gasteiger partial charge in [-0.05, 0) is 45.2 Å². The number of likely N-dealkylation sites (tertiary alicyclic amines) is 1. The van der Waals surface area contributed by atoms with Gasteiger partial charge in [-0.25, -0.2) is 0 Å². The SMILES string of the molecule is CCOC(=O)C(C)N1CCCCC1C#Cc1ccccc1. The van der Waals surface area contributed by atoms with E-state index >= 15 is 0 Å². The summed E-state index contributed by atoms with van der Waals surface area (Å²) in [4.78, 5) is 14.1. The molecule has 0 aliphatic carbocycles. The van der Waals surface area contributed by atoms with E-state index in [1.54, 1.807) is 0 Å². The maximum Gasteiger partial charge on any atom is 0.323 e. The van der Waals surface area contributed by atoms with E-state index in [9.17, 15) is 4.79 Å². The molecule has 112 valence electrons. The number of hydrogen-bond acceptors (Lipinski definition) is 3. The average Bonchev–Trinajstić information content (AvgIpc) is 2.54. The molecule has 3 heteroatoms. The Hall–Kier alpha value is -1.79. The van der Waals surface area contributed by atoms with Crippen molar-refractivity contribution < 1.29 is 9.53 Å². The van der Waals surface area contributed by atoms with Gasteiger partial charge in [0.2, 0.25) is 0 Å². The van der Waals surface area contributed by atoms with Crippen molar-refractivity contribution in [3.05, 3.63) is 35.9 Å². The highest BCUT2D eigenvalue weighted by molar-refractivity contribution is 5.75. The van der Waals surface area contributed by atoms with Crippen LogP contribution in [0.4, 0.5) is 0 Å². The zero-order valence-corrected chi connectivity index (χ0v) is 12.8. The van der Waals surface area contributed by atoms with Gasteiger partial charge in [-0.2, -0.15) is 0 Å². The lowest BCUT2D eigenvalue weighted by atomic mass is 10.00. The number of ether oxygens (including phenoxy) is 1. The zero-order chi connectivity index (χ0) is 15.1. The van der Waals surface area contributed by atoms with Crippen LogP contribution in [0, 0.1) is 11.8 Å². The summed E-state index contributed by atoms with van der Waals surface area (Å²) in [5.74, 6) is 6.41. The molecule has 0 saturated carbocycles. The highest BCUT2D eigenvalue weighted by atomic mass is 16.5. The van der Waals surface area contributed by atoms with E-state index in [4.69, 9.17) is 4.74 Å². The van der Waals surface area contributed by atoms with Crippen LogP contribution in [0.2, 0.25) is 0 Å². The van der Waals surface area contributed by atoms with E-state index in [0.717, 1.165) is 24.9 Å². The van der Waals surface area contributed by atoms with Crippen molar-refractivity contribution in [3.63, 3.8) is 0 Å². The van der Waals surface area contributed by atoms with Crippen molar-refractivity contribution in [3.8, 4) is 11.8 Å². The molecule has 1 aromatic rings. The molecule has 2 rings (SSSR count). The van der Waals surface area contributed by atoms with Crippen molar-refractivity contribution in [2.75, 3.05) is 13.2 Å². The van der Waals surface area contributed by atoms with Gasteiger partial charge in [-0.15, -0.1) is 0 Å². The fraction of sp³-hybridized carbons (Fsp3) is 0.500. The molecule has 21 heavy (non-hydrogen) atoms. The van der Waals surface area contributed by atoms with Gasteiger partial charge in [0.25, 0.3) is 0 Å². The minimum atomic E-state index is -0.222. The van der Waals surface area contributed by atoms with E-state index in [1.165, 1.54) is 6.42 Å². The summed E-state index contributed by atoms with van der Waals surface area (Å²) in [5, 5.41) is 0. The van der Waals surface area contributed by atoms with Crippen LogP contribution in [0.3, 0.4) is 0 Å². The summed E-state index contributed by atoms with van der Waals surface area (Å²) in [6.45, 7) is 5.10. The lowest BCUT2D eigenvalue weighted by molar-refractivity contribution is -0.149. The van der Waals surface area contributed by atoms with Crippen molar-refractivity contribution in [2.24, 2.45) is 0 Å². The largest absolute Gasteiger partial charge is 0.465 e. The first-order valence-electron chi connectivity index (χ1n) is 7.71. The number of carbonyl (C=O) groups excluding carboxylic acids is 1. The summed E-state index contributed by atoms with van der Waals surface area (Å²) in [7, 11) is 0. The van der Waals surface area contributed by atoms with Gasteiger partial charge in [0.15, 0.2) is 0 Å². The molecule has 0 bridgehead atoms. The minimum Gasteiger partial charge on any atom is -0.465 e. The first-order valence-corrected chi connectivity index (χ1v) is 7.71. The van der Waals surface area contributed by atoms with Gasteiger partial charge in [0.05, 0.1) is 12.6 Å². The topological polar surface area (TPSA) is 29.5 Å². The zero-order valence-electron chi connectivity index (χ0n) is 12.8. The summed E-state index contributed by atoms with van der Waals surface area (Å²) in [6, 6.07) is 9.90. The summed E-state index contributed by atoms with van der Waals surface area (Å²) in [5.41, 5.74) is 1.02. The summed E-state index contributed by atoms with van der Waals surface area (Å²) in [6.07, 6.45) is 3.30. The van der Waals surface area contributed by atoms with Gasteiger partial charge in [0.1, 0.15) is 6.04 Å². The third kappa shape index (κ3) is 4.34. The molecule has 1 aromatic carbocycles. The second-order valence-electron chi connectivity index (χ2n) is 5.31. The molecule has 2 unspecified atom stereocenters. The molecule has 0 radical (unpaired) electrons. The quantitative estimate of drug-likeness (QED) is 0.632. The van der Waals surface area contributed by atoms with Gasteiger partial charge >= 0.3 is 5.97 Å². The number of hydrogen-bond donors (Lipinski definition) is 0. The van der Waals surface area contributed by atoms with E-state index in [0.29, 0.717) is 6.61 Å². The molecule has 1 aliphatic rings. The van der Waals surface area contributed by atoms with Gasteiger partial charge in [0, 0.05) is 12.1 Å². The third-order valence-electron chi connectivity index (χ3n) is 3.83. The van der Waals surface area contributed by atoms with Crippen LogP contribution in [0.15, 0.2) is 30.3 Å². The maximum absolute atomic E-state index is 12.0. The van der Waals surface area contributed by atoms with Crippen LogP contribution in [0.1, 0.15) is 38.7 Å². The lowest BCUT2D eigenvalue weighted by Crippen LogP contribution is -2.48. The predicted octanol–water partition coefficient (Wildman–Crippen LogP) is 2.84. The Labute approximate surface area is 127 Å². The molecule has 0 aromatic heterocycles. The molecular weight excluding hydrogens is 262 g/mol. The standard InChI is InChI=1S/C18H23NO2/c1-3-21-18(20)15(2)19-14-8-7-11-17(19)13-12-16-9-5-4-6-10-16/h4-6,9-10,15,17H,3,7-8,11,14H2,1-2H3. The predicted molar refractivity (Wildman–Crippen MR) is 83.8 cm³/mol. The van der Waals surface area contributed by atoms with Gasteiger partial charge < -0.3 is 4.74 Å². The fourth-order valence-electron chi connectivity index (χ4n) is 2.66.